The molecule has 200 valence electrons. The van der Waals surface area contributed by atoms with Gasteiger partial charge in [-0.1, -0.05) is 48.5 Å². The van der Waals surface area contributed by atoms with Gasteiger partial charge in [-0.25, -0.2) is 17.9 Å². The molecule has 0 bridgehead atoms. The lowest BCUT2D eigenvalue weighted by molar-refractivity contribution is -0.142. The number of hydrogen-bond donors (Lipinski definition) is 1. The van der Waals surface area contributed by atoms with Gasteiger partial charge < -0.3 is 14.2 Å². The van der Waals surface area contributed by atoms with Crippen LogP contribution in [-0.2, 0) is 33.9 Å². The van der Waals surface area contributed by atoms with Crippen LogP contribution in [0.5, 0.6) is 11.5 Å². The van der Waals surface area contributed by atoms with Gasteiger partial charge in [0.25, 0.3) is 10.1 Å². The van der Waals surface area contributed by atoms with Crippen molar-refractivity contribution in [3.8, 4) is 11.5 Å². The molecule has 1 saturated carbocycles. The van der Waals surface area contributed by atoms with E-state index in [0.717, 1.165) is 0 Å². The zero-order chi connectivity index (χ0) is 26.9. The molecule has 4 unspecified atom stereocenters. The number of benzene rings is 3. The fourth-order valence-electron chi connectivity index (χ4n) is 4.77. The van der Waals surface area contributed by atoms with E-state index in [2.05, 4.69) is 9.46 Å². The van der Waals surface area contributed by atoms with E-state index >= 15 is 0 Å². The van der Waals surface area contributed by atoms with E-state index in [0.29, 0.717) is 11.3 Å². The highest BCUT2D eigenvalue weighted by atomic mass is 32.2. The maximum atomic E-state index is 13.2. The maximum absolute atomic E-state index is 13.2. The molecule has 1 aliphatic heterocycles. The molecule has 4 atom stereocenters. The molecule has 0 radical (unpaired) electrons. The topological polar surface area (TPSA) is 134 Å². The van der Waals surface area contributed by atoms with Gasteiger partial charge in [-0.2, -0.15) is 8.42 Å². The predicted octanol–water partition coefficient (Wildman–Crippen LogP) is 2.61. The van der Waals surface area contributed by atoms with Crippen LogP contribution in [0, 0.1) is 0 Å². The molecule has 12 heteroatoms. The van der Waals surface area contributed by atoms with Crippen LogP contribution >= 0.6 is 0 Å². The Bertz CT molecular complexity index is 1530. The van der Waals surface area contributed by atoms with Gasteiger partial charge in [0.2, 0.25) is 10.0 Å². The van der Waals surface area contributed by atoms with E-state index in [4.69, 9.17) is 13.7 Å². The van der Waals surface area contributed by atoms with Gasteiger partial charge in [0, 0.05) is 12.0 Å². The highest BCUT2D eigenvalue weighted by Gasteiger charge is 2.54. The van der Waals surface area contributed by atoms with Crippen LogP contribution in [0.1, 0.15) is 17.9 Å². The number of fused-ring (bicyclic) bond motifs is 3. The van der Waals surface area contributed by atoms with Crippen molar-refractivity contribution in [3.63, 3.8) is 0 Å². The van der Waals surface area contributed by atoms with Crippen LogP contribution < -0.4 is 14.2 Å². The van der Waals surface area contributed by atoms with Gasteiger partial charge in [-0.15, -0.1) is 0 Å². The van der Waals surface area contributed by atoms with E-state index in [1.54, 1.807) is 54.6 Å². The van der Waals surface area contributed by atoms with E-state index in [1.165, 1.54) is 31.4 Å². The number of ether oxygens (including phenoxy) is 3. The van der Waals surface area contributed by atoms with Crippen LogP contribution in [0.3, 0.4) is 0 Å². The Balaban J connectivity index is 1.50. The minimum Gasteiger partial charge on any atom is -0.485 e. The second-order valence-electron chi connectivity index (χ2n) is 8.83. The number of esters is 1. The molecule has 0 aromatic heterocycles. The summed E-state index contributed by atoms with van der Waals surface area (Å²) >= 11 is 0. The number of carbonyl (C=O) groups is 1. The lowest BCUT2D eigenvalue weighted by atomic mass is 9.95. The van der Waals surface area contributed by atoms with Gasteiger partial charge in [-0.05, 0) is 30.3 Å². The third-order valence-electron chi connectivity index (χ3n) is 6.48. The number of hydrogen-bond acceptors (Lipinski definition) is 9. The number of rotatable bonds is 9. The molecule has 0 spiro atoms. The zero-order valence-electron chi connectivity index (χ0n) is 20.2. The fraction of sp³-hybridized carbons (Fsp3) is 0.269. The molecular weight excluding hydrogens is 534 g/mol. The third-order valence-corrected chi connectivity index (χ3v) is 9.31. The Morgan fingerprint density at radius 1 is 0.921 bits per heavy atom. The summed E-state index contributed by atoms with van der Waals surface area (Å²) in [7, 11) is -7.00. The SMILES string of the molecule is COC(=O)COc1cccc2c1OC1CC(NS(=O)(=O)c3ccccc3)C(OS(=O)(=O)c3ccccc3)C21. The zero-order valence-corrected chi connectivity index (χ0v) is 21.9. The normalized spacial score (nSPS) is 22.2. The summed E-state index contributed by atoms with van der Waals surface area (Å²) < 4.78 is 77.5. The lowest BCUT2D eigenvalue weighted by Gasteiger charge is -2.24. The molecule has 3 aromatic carbocycles. The van der Waals surface area contributed by atoms with Crippen molar-refractivity contribution in [2.45, 2.75) is 40.4 Å². The minimum atomic E-state index is -4.26. The first-order valence-electron chi connectivity index (χ1n) is 11.7. The quantitative estimate of drug-likeness (QED) is 0.310. The molecule has 1 N–H and O–H groups in total. The van der Waals surface area contributed by atoms with Crippen LogP contribution in [0.15, 0.2) is 88.7 Å². The van der Waals surface area contributed by atoms with Gasteiger partial charge in [0.1, 0.15) is 12.2 Å². The molecule has 5 rings (SSSR count). The van der Waals surface area contributed by atoms with Crippen LogP contribution in [0.25, 0.3) is 0 Å². The van der Waals surface area contributed by atoms with E-state index < -0.39 is 50.3 Å². The van der Waals surface area contributed by atoms with Gasteiger partial charge in [0.05, 0.1) is 28.9 Å². The molecular formula is C26H25NO9S2. The Kier molecular flexibility index (Phi) is 7.14. The first-order valence-corrected chi connectivity index (χ1v) is 14.6. The summed E-state index contributed by atoms with van der Waals surface area (Å²) in [6.45, 7) is -0.340. The summed E-state index contributed by atoms with van der Waals surface area (Å²) in [5, 5.41) is 0. The Morgan fingerprint density at radius 2 is 1.58 bits per heavy atom. The van der Waals surface area contributed by atoms with Crippen molar-refractivity contribution < 1.29 is 40.0 Å². The Morgan fingerprint density at radius 3 is 2.24 bits per heavy atom. The summed E-state index contributed by atoms with van der Waals surface area (Å²) in [6.07, 6.45) is -1.59. The summed E-state index contributed by atoms with van der Waals surface area (Å²) in [5.41, 5.74) is 0.590. The van der Waals surface area contributed by atoms with E-state index in [9.17, 15) is 21.6 Å². The molecule has 1 fully saturated rings. The van der Waals surface area contributed by atoms with Crippen LogP contribution in [0.4, 0.5) is 0 Å². The largest absolute Gasteiger partial charge is 0.485 e. The minimum absolute atomic E-state index is 0.0431. The van der Waals surface area contributed by atoms with E-state index in [-0.39, 0.29) is 28.6 Å². The number of carbonyl (C=O) groups excluding carboxylic acids is 1. The van der Waals surface area contributed by atoms with Crippen molar-refractivity contribution >= 4 is 26.1 Å². The van der Waals surface area contributed by atoms with Gasteiger partial charge in [-0.3, -0.25) is 4.18 Å². The van der Waals surface area contributed by atoms with Crippen LogP contribution in [0.2, 0.25) is 0 Å². The lowest BCUT2D eigenvalue weighted by Crippen LogP contribution is -2.43. The summed E-state index contributed by atoms with van der Waals surface area (Å²) in [5.74, 6) is -0.574. The molecule has 0 amide bonds. The predicted molar refractivity (Wildman–Crippen MR) is 135 cm³/mol. The van der Waals surface area contributed by atoms with Crippen molar-refractivity contribution in [3.05, 3.63) is 84.4 Å². The van der Waals surface area contributed by atoms with Crippen molar-refractivity contribution in [2.24, 2.45) is 0 Å². The Labute approximate surface area is 220 Å². The molecule has 38 heavy (non-hydrogen) atoms. The number of nitrogens with one attached hydrogen (secondary N) is 1. The standard InChI is InChI=1S/C26H25NO9S2/c1-33-23(28)16-34-21-14-8-13-19-24-22(35-25(19)21)15-20(27-37(29,30)17-9-4-2-5-10-17)26(24)36-38(31,32)18-11-6-3-7-12-18/h2-14,20,22,24,26-27H,15-16H2,1H3. The third kappa shape index (κ3) is 5.12. The smallest absolute Gasteiger partial charge is 0.343 e. The highest BCUT2D eigenvalue weighted by molar-refractivity contribution is 7.89. The van der Waals surface area contributed by atoms with Gasteiger partial charge in [0.15, 0.2) is 18.1 Å². The first kappa shape index (κ1) is 26.2. The van der Waals surface area contributed by atoms with Gasteiger partial charge >= 0.3 is 5.97 Å². The highest BCUT2D eigenvalue weighted by Crippen LogP contribution is 2.52. The monoisotopic (exact) mass is 559 g/mol. The Hall–Kier alpha value is -3.45. The molecule has 1 heterocycles. The van der Waals surface area contributed by atoms with E-state index in [1.807, 2.05) is 0 Å². The average Bonchev–Trinajstić information content (AvgIpc) is 3.44. The molecule has 1 aliphatic carbocycles. The number of sulfonamides is 1. The number of para-hydroxylation sites is 1. The first-order chi connectivity index (χ1) is 18.2. The summed E-state index contributed by atoms with van der Waals surface area (Å²) in [4.78, 5) is 11.6. The molecule has 0 saturated heterocycles. The molecule has 2 aliphatic rings. The van der Waals surface area contributed by atoms with Crippen LogP contribution in [-0.4, -0.2) is 54.8 Å². The average molecular weight is 560 g/mol. The number of methoxy groups -OCH3 is 1. The van der Waals surface area contributed by atoms with Crippen molar-refractivity contribution in [1.82, 2.24) is 4.72 Å². The second-order valence-corrected chi connectivity index (χ2v) is 12.1. The van der Waals surface area contributed by atoms with Crippen molar-refractivity contribution in [2.75, 3.05) is 13.7 Å². The molecule has 3 aromatic rings. The molecule has 10 nitrogen and oxygen atoms in total. The fourth-order valence-corrected chi connectivity index (χ4v) is 7.20. The second kappa shape index (κ2) is 10.4. The maximum Gasteiger partial charge on any atom is 0.343 e. The summed E-state index contributed by atoms with van der Waals surface area (Å²) in [6, 6.07) is 19.6. The van der Waals surface area contributed by atoms with Crippen molar-refractivity contribution in [1.29, 1.82) is 0 Å².